The number of hydrogen-bond acceptors (Lipinski definition) is 3. The van der Waals surface area contributed by atoms with E-state index in [1.54, 1.807) is 29.6 Å². The van der Waals surface area contributed by atoms with Gasteiger partial charge in [0.1, 0.15) is 6.54 Å². The lowest BCUT2D eigenvalue weighted by Gasteiger charge is -2.09. The van der Waals surface area contributed by atoms with Gasteiger partial charge in [-0.1, -0.05) is 18.2 Å². The van der Waals surface area contributed by atoms with Gasteiger partial charge in [-0.05, 0) is 18.1 Å². The second kappa shape index (κ2) is 7.51. The molecule has 0 atom stereocenters. The van der Waals surface area contributed by atoms with Crippen LogP contribution in [-0.4, -0.2) is 31.1 Å². The lowest BCUT2D eigenvalue weighted by Crippen LogP contribution is -2.40. The third-order valence-electron chi connectivity index (χ3n) is 2.61. The van der Waals surface area contributed by atoms with Crippen molar-refractivity contribution in [1.29, 1.82) is 0 Å². The summed E-state index contributed by atoms with van der Waals surface area (Å²) in [6.07, 6.45) is -3.98. The molecule has 0 aliphatic rings. The highest BCUT2D eigenvalue weighted by Gasteiger charge is 2.27. The van der Waals surface area contributed by atoms with Gasteiger partial charge >= 0.3 is 6.18 Å². The van der Waals surface area contributed by atoms with Crippen molar-refractivity contribution in [3.05, 3.63) is 29.8 Å². The molecular weight excluding hydrogens is 287 g/mol. The van der Waals surface area contributed by atoms with Crippen molar-refractivity contribution in [2.75, 3.05) is 18.8 Å². The number of halogens is 3. The molecule has 0 saturated carbocycles. The Morgan fingerprint density at radius 2 is 1.76 bits per heavy atom. The molecule has 1 rings (SSSR count). The maximum absolute atomic E-state index is 11.8. The van der Waals surface area contributed by atoms with Gasteiger partial charge in [0.15, 0.2) is 0 Å². The van der Waals surface area contributed by atoms with E-state index in [9.17, 15) is 22.8 Å². The van der Waals surface area contributed by atoms with Crippen LogP contribution in [0.1, 0.15) is 12.0 Å². The van der Waals surface area contributed by atoms with E-state index >= 15 is 0 Å². The molecule has 0 fully saturated rings. The number of nitrogens with one attached hydrogen (secondary N) is 2. The van der Waals surface area contributed by atoms with Gasteiger partial charge in [-0.15, -0.1) is 0 Å². The normalized spacial score (nSPS) is 11.0. The molecule has 4 N–H and O–H groups in total. The Labute approximate surface area is 119 Å². The summed E-state index contributed by atoms with van der Waals surface area (Å²) in [4.78, 5) is 22.6. The monoisotopic (exact) mass is 303 g/mol. The quantitative estimate of drug-likeness (QED) is 0.685. The van der Waals surface area contributed by atoms with Crippen LogP contribution in [0.4, 0.5) is 18.9 Å². The fourth-order valence-corrected chi connectivity index (χ4v) is 1.54. The molecule has 1 aromatic rings. The van der Waals surface area contributed by atoms with E-state index in [1.807, 2.05) is 0 Å². The molecule has 0 heterocycles. The number of aryl methyl sites for hydroxylation is 1. The van der Waals surface area contributed by atoms with E-state index in [0.29, 0.717) is 12.1 Å². The number of para-hydroxylation sites is 1. The van der Waals surface area contributed by atoms with Crippen LogP contribution in [0, 0.1) is 0 Å². The van der Waals surface area contributed by atoms with Crippen molar-refractivity contribution in [2.24, 2.45) is 0 Å². The number of amides is 2. The molecule has 0 unspecified atom stereocenters. The van der Waals surface area contributed by atoms with Gasteiger partial charge in [-0.3, -0.25) is 9.59 Å². The molecule has 0 radical (unpaired) electrons. The smallest absolute Gasteiger partial charge is 0.399 e. The Morgan fingerprint density at radius 1 is 1.10 bits per heavy atom. The first-order valence-corrected chi connectivity index (χ1v) is 6.21. The van der Waals surface area contributed by atoms with Crippen molar-refractivity contribution in [1.82, 2.24) is 10.6 Å². The van der Waals surface area contributed by atoms with Gasteiger partial charge in [0.2, 0.25) is 11.8 Å². The van der Waals surface area contributed by atoms with Gasteiger partial charge in [-0.2, -0.15) is 13.2 Å². The fourth-order valence-electron chi connectivity index (χ4n) is 1.54. The number of rotatable bonds is 6. The topological polar surface area (TPSA) is 84.2 Å². The van der Waals surface area contributed by atoms with Crippen LogP contribution < -0.4 is 16.4 Å². The number of nitrogen functional groups attached to an aromatic ring is 1. The molecule has 0 aliphatic carbocycles. The average Bonchev–Trinajstić information content (AvgIpc) is 2.41. The molecule has 0 aromatic heterocycles. The zero-order chi connectivity index (χ0) is 15.9. The molecule has 8 heteroatoms. The summed E-state index contributed by atoms with van der Waals surface area (Å²) < 4.78 is 35.5. The minimum atomic E-state index is -4.47. The van der Waals surface area contributed by atoms with Gasteiger partial charge in [0.05, 0.1) is 6.54 Å². The second-order valence-electron chi connectivity index (χ2n) is 4.37. The maximum Gasteiger partial charge on any atom is 0.405 e. The maximum atomic E-state index is 11.8. The summed E-state index contributed by atoms with van der Waals surface area (Å²) in [6, 6.07) is 7.04. The molecule has 21 heavy (non-hydrogen) atoms. The van der Waals surface area contributed by atoms with Gasteiger partial charge in [0.25, 0.3) is 0 Å². The molecule has 5 nitrogen and oxygen atoms in total. The van der Waals surface area contributed by atoms with Crippen molar-refractivity contribution in [3.8, 4) is 0 Å². The molecule has 1 aromatic carbocycles. The fraction of sp³-hybridized carbons (Fsp3) is 0.385. The number of carbonyl (C=O) groups is 2. The van der Waals surface area contributed by atoms with Crippen molar-refractivity contribution in [2.45, 2.75) is 19.0 Å². The number of hydrogen-bond donors (Lipinski definition) is 3. The first-order chi connectivity index (χ1) is 9.78. The van der Waals surface area contributed by atoms with E-state index in [4.69, 9.17) is 5.73 Å². The summed E-state index contributed by atoms with van der Waals surface area (Å²) in [6.45, 7) is -1.90. The van der Waals surface area contributed by atoms with Gasteiger partial charge < -0.3 is 16.4 Å². The van der Waals surface area contributed by atoms with Crippen molar-refractivity contribution >= 4 is 17.5 Å². The highest BCUT2D eigenvalue weighted by Crippen LogP contribution is 2.13. The van der Waals surface area contributed by atoms with Crippen LogP contribution >= 0.6 is 0 Å². The van der Waals surface area contributed by atoms with E-state index in [-0.39, 0.29) is 6.42 Å². The molecular formula is C13H16F3N3O2. The van der Waals surface area contributed by atoms with Crippen LogP contribution in [-0.2, 0) is 16.0 Å². The van der Waals surface area contributed by atoms with E-state index in [0.717, 1.165) is 5.56 Å². The predicted molar refractivity (Wildman–Crippen MR) is 71.2 cm³/mol. The predicted octanol–water partition coefficient (Wildman–Crippen LogP) is 0.996. The van der Waals surface area contributed by atoms with Gasteiger partial charge in [-0.25, -0.2) is 0 Å². The Bertz CT molecular complexity index is 504. The largest absolute Gasteiger partial charge is 0.405 e. The number of carbonyl (C=O) groups excluding carboxylic acids is 2. The van der Waals surface area contributed by atoms with E-state index in [2.05, 4.69) is 5.32 Å². The minimum absolute atomic E-state index is 0.0980. The summed E-state index contributed by atoms with van der Waals surface area (Å²) in [5, 5.41) is 3.91. The SMILES string of the molecule is Nc1ccccc1CCC(=O)NCC(=O)NCC(F)(F)F. The number of alkyl halides is 3. The molecule has 2 amide bonds. The van der Waals surface area contributed by atoms with Crippen LogP contribution in [0.3, 0.4) is 0 Å². The third-order valence-corrected chi connectivity index (χ3v) is 2.61. The van der Waals surface area contributed by atoms with Crippen molar-refractivity contribution < 1.29 is 22.8 Å². The number of benzene rings is 1. The molecule has 116 valence electrons. The highest BCUT2D eigenvalue weighted by atomic mass is 19.4. The van der Waals surface area contributed by atoms with Crippen LogP contribution in [0.25, 0.3) is 0 Å². The lowest BCUT2D eigenvalue weighted by atomic mass is 10.1. The zero-order valence-electron chi connectivity index (χ0n) is 11.2. The lowest BCUT2D eigenvalue weighted by molar-refractivity contribution is -0.138. The molecule has 0 spiro atoms. The Hall–Kier alpha value is -2.25. The summed E-state index contributed by atoms with van der Waals surface area (Å²) in [5.41, 5.74) is 7.07. The first-order valence-electron chi connectivity index (χ1n) is 6.21. The zero-order valence-corrected chi connectivity index (χ0v) is 11.2. The van der Waals surface area contributed by atoms with E-state index < -0.39 is 31.1 Å². The standard InChI is InChI=1S/C13H16F3N3O2/c14-13(15,16)8-19-12(21)7-18-11(20)6-5-9-3-1-2-4-10(9)17/h1-4H,5-8,17H2,(H,18,20)(H,19,21). The number of nitrogens with two attached hydrogens (primary N) is 1. The van der Waals surface area contributed by atoms with Crippen LogP contribution in [0.15, 0.2) is 24.3 Å². The van der Waals surface area contributed by atoms with Gasteiger partial charge in [0, 0.05) is 12.1 Å². The summed E-state index contributed by atoms with van der Waals surface area (Å²) >= 11 is 0. The highest BCUT2D eigenvalue weighted by molar-refractivity contribution is 5.84. The van der Waals surface area contributed by atoms with Crippen molar-refractivity contribution in [3.63, 3.8) is 0 Å². The first kappa shape index (κ1) is 16.8. The Morgan fingerprint density at radius 3 is 2.38 bits per heavy atom. The van der Waals surface area contributed by atoms with Crippen LogP contribution in [0.5, 0.6) is 0 Å². The third kappa shape index (κ3) is 7.19. The molecule has 0 saturated heterocycles. The summed E-state index contributed by atoms with van der Waals surface area (Å²) in [7, 11) is 0. The second-order valence-corrected chi connectivity index (χ2v) is 4.37. The Kier molecular flexibility index (Phi) is 6.01. The number of anilines is 1. The Balaban J connectivity index is 2.25. The van der Waals surface area contributed by atoms with E-state index in [1.165, 1.54) is 0 Å². The summed E-state index contributed by atoms with van der Waals surface area (Å²) in [5.74, 6) is -1.32. The molecule has 0 bridgehead atoms. The minimum Gasteiger partial charge on any atom is -0.399 e. The average molecular weight is 303 g/mol. The van der Waals surface area contributed by atoms with Crippen LogP contribution in [0.2, 0.25) is 0 Å². The molecule has 0 aliphatic heterocycles.